The van der Waals surface area contributed by atoms with Crippen LogP contribution in [-0.4, -0.2) is 23.9 Å². The second-order valence-electron chi connectivity index (χ2n) is 6.76. The van der Waals surface area contributed by atoms with E-state index in [1.54, 1.807) is 0 Å². The summed E-state index contributed by atoms with van der Waals surface area (Å²) in [5, 5.41) is 9.60. The van der Waals surface area contributed by atoms with Crippen molar-refractivity contribution in [2.75, 3.05) is 13.1 Å². The zero-order valence-electron chi connectivity index (χ0n) is 12.3. The summed E-state index contributed by atoms with van der Waals surface area (Å²) in [7, 11) is 0. The van der Waals surface area contributed by atoms with E-state index in [-0.39, 0.29) is 5.91 Å². The summed E-state index contributed by atoms with van der Waals surface area (Å²) in [4.78, 5) is 14.8. The highest BCUT2D eigenvalue weighted by Gasteiger charge is 2.42. The first-order valence-corrected chi connectivity index (χ1v) is 7.78. The van der Waals surface area contributed by atoms with Crippen molar-refractivity contribution < 1.29 is 4.79 Å². The molecule has 2 aliphatic rings. The van der Waals surface area contributed by atoms with Crippen LogP contribution in [0.4, 0.5) is 0 Å². The summed E-state index contributed by atoms with van der Waals surface area (Å²) in [5.74, 6) is 1.25. The van der Waals surface area contributed by atoms with Crippen molar-refractivity contribution >= 4 is 5.91 Å². The van der Waals surface area contributed by atoms with Gasteiger partial charge in [-0.2, -0.15) is 5.26 Å². The van der Waals surface area contributed by atoms with Crippen molar-refractivity contribution in [3.05, 3.63) is 0 Å². The molecule has 106 valence electrons. The molecule has 1 amide bonds. The molecule has 2 atom stereocenters. The fraction of sp³-hybridized carbons (Fsp3) is 0.875. The van der Waals surface area contributed by atoms with E-state index in [1.807, 2.05) is 4.90 Å². The quantitative estimate of drug-likeness (QED) is 0.680. The second kappa shape index (κ2) is 5.94. The SMILES string of the molecule is CC1CC(C)CN(C(=O)C2(C#N)CCCCCC2)C1. The van der Waals surface area contributed by atoms with E-state index in [2.05, 4.69) is 19.9 Å². The fourth-order valence-corrected chi connectivity index (χ4v) is 3.84. The Hall–Kier alpha value is -1.04. The van der Waals surface area contributed by atoms with Crippen LogP contribution in [0.15, 0.2) is 0 Å². The Balaban J connectivity index is 2.13. The second-order valence-corrected chi connectivity index (χ2v) is 6.76. The van der Waals surface area contributed by atoms with Gasteiger partial charge in [0.15, 0.2) is 0 Å². The van der Waals surface area contributed by atoms with E-state index >= 15 is 0 Å². The van der Waals surface area contributed by atoms with E-state index in [4.69, 9.17) is 0 Å². The van der Waals surface area contributed by atoms with Gasteiger partial charge in [-0.3, -0.25) is 4.79 Å². The first-order valence-electron chi connectivity index (χ1n) is 7.78. The number of rotatable bonds is 1. The first kappa shape index (κ1) is 14.4. The van der Waals surface area contributed by atoms with E-state index in [0.717, 1.165) is 38.8 Å². The van der Waals surface area contributed by atoms with Gasteiger partial charge in [-0.15, -0.1) is 0 Å². The average Bonchev–Trinajstić information content (AvgIpc) is 2.63. The van der Waals surface area contributed by atoms with E-state index in [9.17, 15) is 10.1 Å². The molecule has 1 aliphatic carbocycles. The lowest BCUT2D eigenvalue weighted by Gasteiger charge is -2.39. The molecule has 2 unspecified atom stereocenters. The third-order valence-corrected chi connectivity index (χ3v) is 4.74. The number of piperidine rings is 1. The van der Waals surface area contributed by atoms with E-state index in [0.29, 0.717) is 11.8 Å². The van der Waals surface area contributed by atoms with Crippen LogP contribution in [0.3, 0.4) is 0 Å². The summed E-state index contributed by atoms with van der Waals surface area (Å²) in [6.45, 7) is 6.10. The normalized spacial score (nSPS) is 31.3. The maximum absolute atomic E-state index is 12.9. The van der Waals surface area contributed by atoms with Crippen LogP contribution in [0.1, 0.15) is 58.8 Å². The Labute approximate surface area is 117 Å². The standard InChI is InChI=1S/C16H26N2O/c1-13-9-14(2)11-18(10-13)15(19)16(12-17)7-5-3-4-6-8-16/h13-14H,3-11H2,1-2H3. The van der Waals surface area contributed by atoms with Gasteiger partial charge in [-0.1, -0.05) is 39.5 Å². The number of hydrogen-bond acceptors (Lipinski definition) is 2. The van der Waals surface area contributed by atoms with Gasteiger partial charge >= 0.3 is 0 Å². The van der Waals surface area contributed by atoms with E-state index in [1.165, 1.54) is 19.3 Å². The molecule has 19 heavy (non-hydrogen) atoms. The molecule has 1 aliphatic heterocycles. The van der Waals surface area contributed by atoms with Crippen molar-refractivity contribution in [2.24, 2.45) is 17.3 Å². The van der Waals surface area contributed by atoms with Crippen LogP contribution in [0.25, 0.3) is 0 Å². The van der Waals surface area contributed by atoms with Crippen molar-refractivity contribution in [3.8, 4) is 6.07 Å². The Bertz CT molecular complexity index is 353. The minimum absolute atomic E-state index is 0.121. The average molecular weight is 262 g/mol. The van der Waals surface area contributed by atoms with Crippen LogP contribution in [-0.2, 0) is 4.79 Å². The number of nitrogens with zero attached hydrogens (tertiary/aromatic N) is 2. The van der Waals surface area contributed by atoms with Crippen molar-refractivity contribution in [1.29, 1.82) is 5.26 Å². The van der Waals surface area contributed by atoms with Crippen LogP contribution >= 0.6 is 0 Å². The Morgan fingerprint density at radius 3 is 2.11 bits per heavy atom. The number of hydrogen-bond donors (Lipinski definition) is 0. The predicted octanol–water partition coefficient (Wildman–Crippen LogP) is 3.36. The maximum atomic E-state index is 12.9. The summed E-state index contributed by atoms with van der Waals surface area (Å²) in [6.07, 6.45) is 7.12. The molecule has 0 radical (unpaired) electrons. The lowest BCUT2D eigenvalue weighted by molar-refractivity contribution is -0.142. The summed E-state index contributed by atoms with van der Waals surface area (Å²) < 4.78 is 0. The van der Waals surface area contributed by atoms with Crippen LogP contribution < -0.4 is 0 Å². The molecule has 3 nitrogen and oxygen atoms in total. The molecular formula is C16H26N2O. The molecule has 0 aromatic heterocycles. The van der Waals surface area contributed by atoms with Crippen LogP contribution in [0, 0.1) is 28.6 Å². The molecular weight excluding hydrogens is 236 g/mol. The number of likely N-dealkylation sites (tertiary alicyclic amines) is 1. The highest BCUT2D eigenvalue weighted by molar-refractivity contribution is 5.85. The highest BCUT2D eigenvalue weighted by atomic mass is 16.2. The van der Waals surface area contributed by atoms with Crippen LogP contribution in [0.5, 0.6) is 0 Å². The highest BCUT2D eigenvalue weighted by Crippen LogP contribution is 2.37. The van der Waals surface area contributed by atoms with Gasteiger partial charge in [-0.05, 0) is 31.1 Å². The number of amides is 1. The minimum atomic E-state index is -0.715. The minimum Gasteiger partial charge on any atom is -0.341 e. The van der Waals surface area contributed by atoms with Gasteiger partial charge in [0.25, 0.3) is 0 Å². The number of carbonyl (C=O) groups is 1. The van der Waals surface area contributed by atoms with Crippen molar-refractivity contribution in [3.63, 3.8) is 0 Å². The van der Waals surface area contributed by atoms with Crippen molar-refractivity contribution in [2.45, 2.75) is 58.8 Å². The Kier molecular flexibility index (Phi) is 4.50. The largest absolute Gasteiger partial charge is 0.341 e. The molecule has 1 heterocycles. The zero-order chi connectivity index (χ0) is 13.9. The smallest absolute Gasteiger partial charge is 0.243 e. The molecule has 0 bridgehead atoms. The summed E-state index contributed by atoms with van der Waals surface area (Å²) >= 11 is 0. The summed E-state index contributed by atoms with van der Waals surface area (Å²) in [5.41, 5.74) is -0.715. The molecule has 3 heteroatoms. The first-order chi connectivity index (χ1) is 9.07. The van der Waals surface area contributed by atoms with Gasteiger partial charge in [0.05, 0.1) is 6.07 Å². The van der Waals surface area contributed by atoms with Gasteiger partial charge in [0.1, 0.15) is 5.41 Å². The summed E-state index contributed by atoms with van der Waals surface area (Å²) in [6, 6.07) is 2.39. The van der Waals surface area contributed by atoms with Gasteiger partial charge in [0, 0.05) is 13.1 Å². The molecule has 0 aromatic rings. The predicted molar refractivity (Wildman–Crippen MR) is 75.3 cm³/mol. The van der Waals surface area contributed by atoms with Gasteiger partial charge in [0.2, 0.25) is 5.91 Å². The molecule has 1 saturated carbocycles. The van der Waals surface area contributed by atoms with Crippen molar-refractivity contribution in [1.82, 2.24) is 4.90 Å². The Morgan fingerprint density at radius 1 is 1.11 bits per heavy atom. The van der Waals surface area contributed by atoms with Crippen LogP contribution in [0.2, 0.25) is 0 Å². The lowest BCUT2D eigenvalue weighted by atomic mass is 9.79. The topological polar surface area (TPSA) is 44.1 Å². The number of nitriles is 1. The zero-order valence-corrected chi connectivity index (χ0v) is 12.3. The number of carbonyl (C=O) groups excluding carboxylic acids is 1. The molecule has 0 N–H and O–H groups in total. The molecule has 2 fully saturated rings. The molecule has 1 saturated heterocycles. The lowest BCUT2D eigenvalue weighted by Crippen LogP contribution is -2.49. The maximum Gasteiger partial charge on any atom is 0.243 e. The third kappa shape index (κ3) is 3.11. The molecule has 2 rings (SSSR count). The fourth-order valence-electron chi connectivity index (χ4n) is 3.84. The van der Waals surface area contributed by atoms with E-state index < -0.39 is 5.41 Å². The third-order valence-electron chi connectivity index (χ3n) is 4.74. The van der Waals surface area contributed by atoms with Gasteiger partial charge < -0.3 is 4.90 Å². The molecule has 0 aromatic carbocycles. The Morgan fingerprint density at radius 2 is 1.63 bits per heavy atom. The monoisotopic (exact) mass is 262 g/mol. The molecule has 0 spiro atoms. The van der Waals surface area contributed by atoms with Gasteiger partial charge in [-0.25, -0.2) is 0 Å².